The van der Waals surface area contributed by atoms with Gasteiger partial charge in [0.15, 0.2) is 11.5 Å². The van der Waals surface area contributed by atoms with Crippen molar-refractivity contribution in [2.24, 2.45) is 0 Å². The Bertz CT molecular complexity index is 781. The molecule has 0 spiro atoms. The maximum absolute atomic E-state index is 8.81. The fourth-order valence-electron chi connectivity index (χ4n) is 2.05. The van der Waals surface area contributed by atoms with Crippen molar-refractivity contribution in [2.75, 3.05) is 18.5 Å². The number of nitriles is 2. The maximum atomic E-state index is 8.81. The summed E-state index contributed by atoms with van der Waals surface area (Å²) < 4.78 is 12.9. The van der Waals surface area contributed by atoms with E-state index in [1.807, 2.05) is 6.07 Å². The molecule has 0 fully saturated rings. The summed E-state index contributed by atoms with van der Waals surface area (Å²) in [5, 5.41) is 20.6. The average Bonchev–Trinajstić information content (AvgIpc) is 3.09. The molecule has 1 aromatic carbocycles. The smallest absolute Gasteiger partial charge is 0.163 e. The topological polar surface area (TPSA) is 95.9 Å². The first-order valence-electron chi connectivity index (χ1n) is 6.50. The Kier molecular flexibility index (Phi) is 3.63. The van der Waals surface area contributed by atoms with E-state index in [1.165, 1.54) is 6.20 Å². The van der Waals surface area contributed by atoms with E-state index >= 15 is 0 Å². The zero-order valence-electron chi connectivity index (χ0n) is 11.5. The molecule has 3 rings (SSSR count). The number of ether oxygens (including phenoxy) is 2. The van der Waals surface area contributed by atoms with Crippen LogP contribution in [-0.2, 0) is 0 Å². The van der Waals surface area contributed by atoms with E-state index in [4.69, 9.17) is 20.0 Å². The standard InChI is InChI=1S/C15H11N5O2/c16-7-11(8-17)9-19-12-5-14-15(22-4-3-21-14)6-13(12)20-2-1-18-10-20/h1-2,5-6,9-10,19H,3-4H2. The highest BCUT2D eigenvalue weighted by Crippen LogP contribution is 2.37. The molecule has 1 aliphatic heterocycles. The van der Waals surface area contributed by atoms with Crippen LogP contribution in [0.5, 0.6) is 11.5 Å². The number of nitrogens with one attached hydrogen (secondary N) is 1. The van der Waals surface area contributed by atoms with Gasteiger partial charge in [-0.15, -0.1) is 0 Å². The van der Waals surface area contributed by atoms with Crippen molar-refractivity contribution in [3.05, 3.63) is 42.6 Å². The first-order chi connectivity index (χ1) is 10.8. The quantitative estimate of drug-likeness (QED) is 0.869. The van der Waals surface area contributed by atoms with Gasteiger partial charge in [-0.05, 0) is 0 Å². The highest BCUT2D eigenvalue weighted by atomic mass is 16.6. The lowest BCUT2D eigenvalue weighted by molar-refractivity contribution is 0.171. The van der Waals surface area contributed by atoms with Crippen molar-refractivity contribution < 1.29 is 9.47 Å². The highest BCUT2D eigenvalue weighted by molar-refractivity contribution is 5.69. The minimum atomic E-state index is -0.0218. The van der Waals surface area contributed by atoms with Crippen LogP contribution in [0.1, 0.15) is 0 Å². The predicted octanol–water partition coefficient (Wildman–Crippen LogP) is 1.99. The lowest BCUT2D eigenvalue weighted by Gasteiger charge is -2.21. The molecular formula is C15H11N5O2. The Morgan fingerprint density at radius 2 is 1.95 bits per heavy atom. The number of nitrogens with zero attached hydrogens (tertiary/aromatic N) is 4. The summed E-state index contributed by atoms with van der Waals surface area (Å²) in [4.78, 5) is 4.02. The molecule has 2 heterocycles. The number of anilines is 1. The second-order valence-electron chi connectivity index (χ2n) is 4.41. The van der Waals surface area contributed by atoms with E-state index in [1.54, 1.807) is 41.5 Å². The van der Waals surface area contributed by atoms with Crippen molar-refractivity contribution in [2.45, 2.75) is 0 Å². The zero-order valence-corrected chi connectivity index (χ0v) is 11.5. The van der Waals surface area contributed by atoms with Crippen LogP contribution in [0.4, 0.5) is 5.69 Å². The summed E-state index contributed by atoms with van der Waals surface area (Å²) in [5.41, 5.74) is 1.42. The molecule has 0 unspecified atom stereocenters. The van der Waals surface area contributed by atoms with Gasteiger partial charge in [-0.3, -0.25) is 0 Å². The van der Waals surface area contributed by atoms with Crippen LogP contribution in [0.2, 0.25) is 0 Å². The molecule has 0 aliphatic carbocycles. The van der Waals surface area contributed by atoms with Crippen molar-refractivity contribution in [1.82, 2.24) is 9.55 Å². The Morgan fingerprint density at radius 1 is 1.23 bits per heavy atom. The van der Waals surface area contributed by atoms with E-state index in [9.17, 15) is 0 Å². The van der Waals surface area contributed by atoms with Gasteiger partial charge in [-0.25, -0.2) is 4.98 Å². The third-order valence-electron chi connectivity index (χ3n) is 3.06. The molecule has 0 amide bonds. The largest absolute Gasteiger partial charge is 0.486 e. The van der Waals surface area contributed by atoms with Gasteiger partial charge in [0.1, 0.15) is 30.9 Å². The molecule has 1 N–H and O–H groups in total. The van der Waals surface area contributed by atoms with Crippen LogP contribution >= 0.6 is 0 Å². The van der Waals surface area contributed by atoms with Crippen LogP contribution in [0.25, 0.3) is 5.69 Å². The fraction of sp³-hybridized carbons (Fsp3) is 0.133. The molecule has 0 saturated heterocycles. The normalized spacial score (nSPS) is 11.9. The molecule has 0 atom stereocenters. The van der Waals surface area contributed by atoms with Gasteiger partial charge < -0.3 is 19.4 Å². The number of hydrogen-bond acceptors (Lipinski definition) is 6. The number of rotatable bonds is 3. The summed E-state index contributed by atoms with van der Waals surface area (Å²) in [6, 6.07) is 7.20. The summed E-state index contributed by atoms with van der Waals surface area (Å²) in [6.45, 7) is 0.977. The van der Waals surface area contributed by atoms with Crippen LogP contribution in [0.15, 0.2) is 42.6 Å². The van der Waals surface area contributed by atoms with Crippen molar-refractivity contribution in [3.8, 4) is 29.3 Å². The second-order valence-corrected chi connectivity index (χ2v) is 4.41. The molecule has 1 aromatic heterocycles. The molecule has 1 aliphatic rings. The number of hydrogen-bond donors (Lipinski definition) is 1. The van der Waals surface area contributed by atoms with E-state index in [0.29, 0.717) is 30.4 Å². The highest BCUT2D eigenvalue weighted by Gasteiger charge is 2.16. The second kappa shape index (κ2) is 5.90. The molecule has 22 heavy (non-hydrogen) atoms. The number of imidazole rings is 1. The number of aromatic nitrogens is 2. The number of benzene rings is 1. The SMILES string of the molecule is N#CC(C#N)=CNc1cc2c(cc1-n1ccnc1)OCCO2. The van der Waals surface area contributed by atoms with E-state index in [-0.39, 0.29) is 5.57 Å². The minimum absolute atomic E-state index is 0.0218. The fourth-order valence-corrected chi connectivity index (χ4v) is 2.05. The summed E-state index contributed by atoms with van der Waals surface area (Å²) >= 11 is 0. The van der Waals surface area contributed by atoms with Crippen molar-refractivity contribution >= 4 is 5.69 Å². The van der Waals surface area contributed by atoms with Gasteiger partial charge in [0.25, 0.3) is 0 Å². The summed E-state index contributed by atoms with van der Waals surface area (Å²) in [5.74, 6) is 1.26. The van der Waals surface area contributed by atoms with Crippen LogP contribution in [-0.4, -0.2) is 22.8 Å². The molecule has 0 bridgehead atoms. The van der Waals surface area contributed by atoms with E-state index in [2.05, 4.69) is 10.3 Å². The summed E-state index contributed by atoms with van der Waals surface area (Å²) in [7, 11) is 0. The number of fused-ring (bicyclic) bond motifs is 1. The van der Waals surface area contributed by atoms with E-state index < -0.39 is 0 Å². The molecular weight excluding hydrogens is 282 g/mol. The Hall–Kier alpha value is -3.45. The van der Waals surface area contributed by atoms with Crippen LogP contribution in [0, 0.1) is 22.7 Å². The Balaban J connectivity index is 2.05. The minimum Gasteiger partial charge on any atom is -0.486 e. The van der Waals surface area contributed by atoms with Crippen molar-refractivity contribution in [1.29, 1.82) is 10.5 Å². The Labute approximate surface area is 126 Å². The Morgan fingerprint density at radius 3 is 2.59 bits per heavy atom. The van der Waals surface area contributed by atoms with Gasteiger partial charge >= 0.3 is 0 Å². The lowest BCUT2D eigenvalue weighted by Crippen LogP contribution is -2.16. The van der Waals surface area contributed by atoms with Gasteiger partial charge in [0.2, 0.25) is 0 Å². The molecule has 7 heteroatoms. The van der Waals surface area contributed by atoms with Gasteiger partial charge in [-0.2, -0.15) is 10.5 Å². The first kappa shape index (κ1) is 13.5. The van der Waals surface area contributed by atoms with Crippen LogP contribution < -0.4 is 14.8 Å². The molecule has 7 nitrogen and oxygen atoms in total. The summed E-state index contributed by atoms with van der Waals surface area (Å²) in [6.07, 6.45) is 6.45. The first-order valence-corrected chi connectivity index (χ1v) is 6.50. The van der Waals surface area contributed by atoms with Gasteiger partial charge in [-0.1, -0.05) is 0 Å². The van der Waals surface area contributed by atoms with E-state index in [0.717, 1.165) is 5.69 Å². The lowest BCUT2D eigenvalue weighted by atomic mass is 10.2. The van der Waals surface area contributed by atoms with Gasteiger partial charge in [0.05, 0.1) is 17.7 Å². The maximum Gasteiger partial charge on any atom is 0.163 e. The number of allylic oxidation sites excluding steroid dienone is 1. The average molecular weight is 293 g/mol. The monoisotopic (exact) mass is 293 g/mol. The predicted molar refractivity (Wildman–Crippen MR) is 77.5 cm³/mol. The molecule has 108 valence electrons. The zero-order chi connectivity index (χ0) is 15.4. The van der Waals surface area contributed by atoms with Gasteiger partial charge in [0, 0.05) is 30.7 Å². The van der Waals surface area contributed by atoms with Crippen molar-refractivity contribution in [3.63, 3.8) is 0 Å². The molecule has 2 aromatic rings. The van der Waals surface area contributed by atoms with Crippen LogP contribution in [0.3, 0.4) is 0 Å². The third-order valence-corrected chi connectivity index (χ3v) is 3.06. The molecule has 0 radical (unpaired) electrons. The third kappa shape index (κ3) is 2.56. The molecule has 0 saturated carbocycles.